The van der Waals surface area contributed by atoms with Crippen LogP contribution >= 0.6 is 0 Å². The van der Waals surface area contributed by atoms with E-state index in [1.807, 2.05) is 48.5 Å². The van der Waals surface area contributed by atoms with Gasteiger partial charge in [0.1, 0.15) is 17.2 Å². The number of benzene rings is 2. The summed E-state index contributed by atoms with van der Waals surface area (Å²) in [6, 6.07) is 16.6. The van der Waals surface area contributed by atoms with Gasteiger partial charge < -0.3 is 14.5 Å². The number of H-pyrrole nitrogens is 1. The molecule has 2 heterocycles. The number of ether oxygens (including phenoxy) is 1. The van der Waals surface area contributed by atoms with Gasteiger partial charge in [-0.1, -0.05) is 18.2 Å². The third-order valence-corrected chi connectivity index (χ3v) is 3.95. The van der Waals surface area contributed by atoms with Crippen molar-refractivity contribution < 1.29 is 13.9 Å². The predicted octanol–water partition coefficient (Wildman–Crippen LogP) is 3.16. The number of nitrogens with one attached hydrogen (secondary N) is 2. The number of rotatable bonds is 5. The fraction of sp³-hybridized carbons (Fsp3) is 0.105. The molecule has 0 aliphatic heterocycles. The third kappa shape index (κ3) is 3.14. The summed E-state index contributed by atoms with van der Waals surface area (Å²) >= 11 is 0. The highest BCUT2D eigenvalue weighted by Crippen LogP contribution is 2.20. The fourth-order valence-electron chi connectivity index (χ4n) is 2.59. The summed E-state index contributed by atoms with van der Waals surface area (Å²) in [5.41, 5.74) is 1.54. The molecule has 2 aromatic carbocycles. The molecule has 0 fully saturated rings. The van der Waals surface area contributed by atoms with Gasteiger partial charge in [-0.25, -0.2) is 4.98 Å². The zero-order chi connectivity index (χ0) is 17.9. The van der Waals surface area contributed by atoms with Gasteiger partial charge in [0.25, 0.3) is 5.91 Å². The van der Waals surface area contributed by atoms with Crippen LogP contribution in [-0.2, 0) is 6.54 Å². The number of furan rings is 1. The van der Waals surface area contributed by atoms with Gasteiger partial charge in [-0.15, -0.1) is 0 Å². The molecule has 0 bridgehead atoms. The molecule has 0 spiro atoms. The van der Waals surface area contributed by atoms with Gasteiger partial charge in [-0.05, 0) is 36.4 Å². The SMILES string of the molecule is COc1ccc(-c2n[nH]c(CNC(=O)c3cc4ccccc4o3)n2)cc1. The number of hydrogen-bond acceptors (Lipinski definition) is 5. The second kappa shape index (κ2) is 6.72. The van der Waals surface area contributed by atoms with Crippen molar-refractivity contribution in [2.45, 2.75) is 6.54 Å². The van der Waals surface area contributed by atoms with E-state index in [1.54, 1.807) is 13.2 Å². The lowest BCUT2D eigenvalue weighted by Crippen LogP contribution is -2.22. The van der Waals surface area contributed by atoms with Crippen molar-refractivity contribution in [3.05, 3.63) is 66.2 Å². The molecule has 0 radical (unpaired) electrons. The first-order valence-corrected chi connectivity index (χ1v) is 8.05. The van der Waals surface area contributed by atoms with Gasteiger partial charge in [0.05, 0.1) is 13.7 Å². The summed E-state index contributed by atoms with van der Waals surface area (Å²) in [5.74, 6) is 1.84. The number of aromatic amines is 1. The minimum Gasteiger partial charge on any atom is -0.497 e. The Bertz CT molecular complexity index is 1020. The molecule has 26 heavy (non-hydrogen) atoms. The average Bonchev–Trinajstić information content (AvgIpc) is 3.33. The molecule has 0 saturated heterocycles. The molecule has 1 amide bonds. The van der Waals surface area contributed by atoms with Crippen molar-refractivity contribution in [2.75, 3.05) is 7.11 Å². The number of para-hydroxylation sites is 1. The van der Waals surface area contributed by atoms with Gasteiger partial charge in [-0.2, -0.15) is 5.10 Å². The van der Waals surface area contributed by atoms with Crippen LogP contribution in [0.3, 0.4) is 0 Å². The molecule has 4 rings (SSSR count). The molecular weight excluding hydrogens is 332 g/mol. The summed E-state index contributed by atoms with van der Waals surface area (Å²) in [6.45, 7) is 0.221. The highest BCUT2D eigenvalue weighted by atomic mass is 16.5. The molecule has 0 atom stereocenters. The van der Waals surface area contributed by atoms with Crippen molar-refractivity contribution in [3.8, 4) is 17.1 Å². The minimum atomic E-state index is -0.302. The summed E-state index contributed by atoms with van der Waals surface area (Å²) in [5, 5.41) is 10.7. The van der Waals surface area contributed by atoms with Crippen molar-refractivity contribution in [1.29, 1.82) is 0 Å². The van der Waals surface area contributed by atoms with Crippen molar-refractivity contribution in [2.24, 2.45) is 0 Å². The summed E-state index contributed by atoms with van der Waals surface area (Å²) in [4.78, 5) is 16.6. The Morgan fingerprint density at radius 3 is 2.77 bits per heavy atom. The molecule has 2 N–H and O–H groups in total. The number of amides is 1. The smallest absolute Gasteiger partial charge is 0.287 e. The molecule has 0 saturated carbocycles. The van der Waals surface area contributed by atoms with Crippen LogP contribution in [0.5, 0.6) is 5.75 Å². The van der Waals surface area contributed by atoms with E-state index in [0.29, 0.717) is 17.2 Å². The number of fused-ring (bicyclic) bond motifs is 1. The van der Waals surface area contributed by atoms with Gasteiger partial charge in [-0.3, -0.25) is 9.89 Å². The van der Waals surface area contributed by atoms with E-state index in [4.69, 9.17) is 9.15 Å². The lowest BCUT2D eigenvalue weighted by atomic mass is 10.2. The summed E-state index contributed by atoms with van der Waals surface area (Å²) < 4.78 is 10.7. The topological polar surface area (TPSA) is 93.0 Å². The van der Waals surface area contributed by atoms with E-state index in [-0.39, 0.29) is 18.2 Å². The number of nitrogens with zero attached hydrogens (tertiary/aromatic N) is 2. The molecule has 0 aliphatic rings. The van der Waals surface area contributed by atoms with Crippen LogP contribution in [0.15, 0.2) is 59.0 Å². The van der Waals surface area contributed by atoms with E-state index in [2.05, 4.69) is 20.5 Å². The number of hydrogen-bond donors (Lipinski definition) is 2. The maximum Gasteiger partial charge on any atom is 0.287 e. The molecule has 7 heteroatoms. The Kier molecular flexibility index (Phi) is 4.10. The van der Waals surface area contributed by atoms with Crippen LogP contribution in [0.25, 0.3) is 22.4 Å². The van der Waals surface area contributed by atoms with Crippen LogP contribution in [0.2, 0.25) is 0 Å². The highest BCUT2D eigenvalue weighted by molar-refractivity contribution is 5.95. The number of aromatic nitrogens is 3. The molecule has 7 nitrogen and oxygen atoms in total. The summed E-state index contributed by atoms with van der Waals surface area (Å²) in [6.07, 6.45) is 0. The van der Waals surface area contributed by atoms with Crippen molar-refractivity contribution in [3.63, 3.8) is 0 Å². The minimum absolute atomic E-state index is 0.221. The molecule has 0 unspecified atom stereocenters. The first-order chi connectivity index (χ1) is 12.7. The molecule has 4 aromatic rings. The van der Waals surface area contributed by atoms with E-state index in [9.17, 15) is 4.79 Å². The highest BCUT2D eigenvalue weighted by Gasteiger charge is 2.13. The van der Waals surface area contributed by atoms with E-state index in [1.165, 1.54) is 0 Å². The maximum atomic E-state index is 12.3. The Hall–Kier alpha value is -3.61. The van der Waals surface area contributed by atoms with Crippen LogP contribution in [-0.4, -0.2) is 28.2 Å². The Labute approximate surface area is 149 Å². The van der Waals surface area contributed by atoms with Gasteiger partial charge in [0.2, 0.25) is 0 Å². The van der Waals surface area contributed by atoms with E-state index >= 15 is 0 Å². The van der Waals surface area contributed by atoms with Crippen molar-refractivity contribution in [1.82, 2.24) is 20.5 Å². The van der Waals surface area contributed by atoms with Crippen LogP contribution in [0.4, 0.5) is 0 Å². The van der Waals surface area contributed by atoms with Crippen molar-refractivity contribution >= 4 is 16.9 Å². The monoisotopic (exact) mass is 348 g/mol. The maximum absolute atomic E-state index is 12.3. The average molecular weight is 348 g/mol. The van der Waals surface area contributed by atoms with Gasteiger partial charge in [0.15, 0.2) is 11.6 Å². The Morgan fingerprint density at radius 1 is 1.19 bits per heavy atom. The third-order valence-electron chi connectivity index (χ3n) is 3.95. The largest absolute Gasteiger partial charge is 0.497 e. The Morgan fingerprint density at radius 2 is 2.00 bits per heavy atom. The van der Waals surface area contributed by atoms with E-state index < -0.39 is 0 Å². The lowest BCUT2D eigenvalue weighted by Gasteiger charge is -2.00. The van der Waals surface area contributed by atoms with E-state index in [0.717, 1.165) is 16.7 Å². The summed E-state index contributed by atoms with van der Waals surface area (Å²) in [7, 11) is 1.62. The second-order valence-corrected chi connectivity index (χ2v) is 5.67. The quantitative estimate of drug-likeness (QED) is 0.578. The lowest BCUT2D eigenvalue weighted by molar-refractivity contribution is 0.0924. The van der Waals surface area contributed by atoms with Gasteiger partial charge in [0, 0.05) is 10.9 Å². The Balaban J connectivity index is 1.43. The fourth-order valence-corrected chi connectivity index (χ4v) is 2.59. The van der Waals surface area contributed by atoms with Crippen LogP contribution in [0, 0.1) is 0 Å². The zero-order valence-electron chi connectivity index (χ0n) is 14.0. The molecule has 130 valence electrons. The first-order valence-electron chi connectivity index (χ1n) is 8.05. The zero-order valence-corrected chi connectivity index (χ0v) is 14.0. The molecule has 2 aromatic heterocycles. The second-order valence-electron chi connectivity index (χ2n) is 5.67. The van der Waals surface area contributed by atoms with Crippen LogP contribution in [0.1, 0.15) is 16.4 Å². The van der Waals surface area contributed by atoms with Gasteiger partial charge >= 0.3 is 0 Å². The number of carbonyl (C=O) groups excluding carboxylic acids is 1. The predicted molar refractivity (Wildman–Crippen MR) is 95.8 cm³/mol. The first kappa shape index (κ1) is 15.9. The molecular formula is C19H16N4O3. The number of carbonyl (C=O) groups is 1. The molecule has 0 aliphatic carbocycles. The standard InChI is InChI=1S/C19H16N4O3/c1-25-14-8-6-12(7-9-14)18-21-17(22-23-18)11-20-19(24)16-10-13-4-2-3-5-15(13)26-16/h2-10H,11H2,1H3,(H,20,24)(H,21,22,23). The van der Waals surface area contributed by atoms with Crippen LogP contribution < -0.4 is 10.1 Å². The number of methoxy groups -OCH3 is 1. The normalized spacial score (nSPS) is 10.8.